The van der Waals surface area contributed by atoms with Crippen LogP contribution in [0.2, 0.25) is 0 Å². The zero-order chi connectivity index (χ0) is 13.7. The van der Waals surface area contributed by atoms with Gasteiger partial charge in [-0.3, -0.25) is 0 Å². The molecule has 1 fully saturated rings. The Hall–Kier alpha value is -1.44. The van der Waals surface area contributed by atoms with E-state index in [4.69, 9.17) is 4.74 Å². The molecule has 19 heavy (non-hydrogen) atoms. The topological polar surface area (TPSA) is 12.5 Å². The number of hydrogen-bond donors (Lipinski definition) is 0. The molecule has 1 aromatic carbocycles. The van der Waals surface area contributed by atoms with Gasteiger partial charge in [0.15, 0.2) is 0 Å². The van der Waals surface area contributed by atoms with Gasteiger partial charge in [-0.25, -0.2) is 0 Å². The average molecular weight is 259 g/mol. The molecule has 0 spiro atoms. The van der Waals surface area contributed by atoms with E-state index < -0.39 is 0 Å². The van der Waals surface area contributed by atoms with Crippen LogP contribution in [0, 0.1) is 6.92 Å². The van der Waals surface area contributed by atoms with Gasteiger partial charge in [0.1, 0.15) is 5.75 Å². The van der Waals surface area contributed by atoms with Crippen molar-refractivity contribution >= 4 is 5.69 Å². The van der Waals surface area contributed by atoms with E-state index in [1.165, 1.54) is 29.7 Å². The summed E-state index contributed by atoms with van der Waals surface area (Å²) in [5.74, 6) is 1.03. The van der Waals surface area contributed by atoms with Gasteiger partial charge in [-0.05, 0) is 44.2 Å². The molecule has 1 saturated heterocycles. The summed E-state index contributed by atoms with van der Waals surface area (Å²) in [6, 6.07) is 6.57. The molecule has 0 unspecified atom stereocenters. The van der Waals surface area contributed by atoms with Gasteiger partial charge in [0.2, 0.25) is 0 Å². The molecular formula is C17H25NO. The SMILES string of the molecule is C=C1CCCN(c2ccc(C)c(OCCC)c2)CC1. The Labute approximate surface area is 117 Å². The van der Waals surface area contributed by atoms with Crippen LogP contribution in [-0.4, -0.2) is 19.7 Å². The van der Waals surface area contributed by atoms with Crippen LogP contribution in [0.4, 0.5) is 5.69 Å². The highest BCUT2D eigenvalue weighted by molar-refractivity contribution is 5.53. The first-order valence-electron chi connectivity index (χ1n) is 7.35. The highest BCUT2D eigenvalue weighted by Gasteiger charge is 2.13. The lowest BCUT2D eigenvalue weighted by Gasteiger charge is -2.23. The molecule has 0 bridgehead atoms. The van der Waals surface area contributed by atoms with Crippen LogP contribution in [0.1, 0.15) is 38.2 Å². The van der Waals surface area contributed by atoms with Crippen molar-refractivity contribution in [1.29, 1.82) is 0 Å². The molecule has 104 valence electrons. The molecule has 2 nitrogen and oxygen atoms in total. The second-order valence-corrected chi connectivity index (χ2v) is 5.39. The van der Waals surface area contributed by atoms with Gasteiger partial charge in [-0.15, -0.1) is 0 Å². The van der Waals surface area contributed by atoms with Crippen LogP contribution in [0.5, 0.6) is 5.75 Å². The van der Waals surface area contributed by atoms with Gasteiger partial charge in [0.05, 0.1) is 6.61 Å². The molecule has 0 aliphatic carbocycles. The first kappa shape index (κ1) is 14.0. The van der Waals surface area contributed by atoms with Crippen molar-refractivity contribution in [1.82, 2.24) is 0 Å². The predicted octanol–water partition coefficient (Wildman–Crippen LogP) is 4.33. The number of hydrogen-bond acceptors (Lipinski definition) is 2. The first-order valence-corrected chi connectivity index (χ1v) is 7.35. The number of ether oxygens (including phenoxy) is 1. The lowest BCUT2D eigenvalue weighted by atomic mass is 10.1. The average Bonchev–Trinajstić information content (AvgIpc) is 2.63. The standard InChI is InChI=1S/C17H25NO/c1-4-12-19-17-13-16(8-7-15(17)3)18-10-5-6-14(2)9-11-18/h7-8,13H,2,4-6,9-12H2,1,3H3. The molecule has 1 aliphatic heterocycles. The maximum atomic E-state index is 5.83. The molecule has 1 aromatic rings. The van der Waals surface area contributed by atoms with Crippen molar-refractivity contribution in [2.75, 3.05) is 24.6 Å². The monoisotopic (exact) mass is 259 g/mol. The van der Waals surface area contributed by atoms with Crippen LogP contribution in [0.25, 0.3) is 0 Å². The molecule has 0 N–H and O–H groups in total. The molecule has 0 saturated carbocycles. The Balaban J connectivity index is 2.12. The van der Waals surface area contributed by atoms with Crippen LogP contribution in [-0.2, 0) is 0 Å². The van der Waals surface area contributed by atoms with E-state index in [1.54, 1.807) is 0 Å². The van der Waals surface area contributed by atoms with E-state index in [1.807, 2.05) is 0 Å². The summed E-state index contributed by atoms with van der Waals surface area (Å²) in [6.45, 7) is 11.4. The number of rotatable bonds is 4. The van der Waals surface area contributed by atoms with Gasteiger partial charge in [0, 0.05) is 24.8 Å². The Morgan fingerprint density at radius 1 is 1.26 bits per heavy atom. The van der Waals surface area contributed by atoms with Gasteiger partial charge in [-0.2, -0.15) is 0 Å². The molecule has 0 aromatic heterocycles. The molecule has 2 heteroatoms. The Morgan fingerprint density at radius 2 is 2.11 bits per heavy atom. The maximum Gasteiger partial charge on any atom is 0.124 e. The quantitative estimate of drug-likeness (QED) is 0.746. The Kier molecular flexibility index (Phi) is 4.89. The largest absolute Gasteiger partial charge is 0.493 e. The summed E-state index contributed by atoms with van der Waals surface area (Å²) in [7, 11) is 0. The van der Waals surface area contributed by atoms with Crippen molar-refractivity contribution in [3.05, 3.63) is 35.9 Å². The van der Waals surface area contributed by atoms with Crippen molar-refractivity contribution in [2.24, 2.45) is 0 Å². The Bertz CT molecular complexity index is 439. The number of nitrogens with zero attached hydrogens (tertiary/aromatic N) is 1. The predicted molar refractivity (Wildman–Crippen MR) is 82.2 cm³/mol. The fourth-order valence-electron chi connectivity index (χ4n) is 2.46. The summed E-state index contributed by atoms with van der Waals surface area (Å²) in [5, 5.41) is 0. The van der Waals surface area contributed by atoms with Crippen LogP contribution in [0.3, 0.4) is 0 Å². The molecule has 0 amide bonds. The molecule has 1 aliphatic rings. The van der Waals surface area contributed by atoms with E-state index >= 15 is 0 Å². The van der Waals surface area contributed by atoms with Gasteiger partial charge < -0.3 is 9.64 Å². The van der Waals surface area contributed by atoms with E-state index in [2.05, 4.69) is 43.5 Å². The third kappa shape index (κ3) is 3.76. The van der Waals surface area contributed by atoms with E-state index in [-0.39, 0.29) is 0 Å². The first-order chi connectivity index (χ1) is 9.20. The smallest absolute Gasteiger partial charge is 0.124 e. The number of benzene rings is 1. The lowest BCUT2D eigenvalue weighted by Crippen LogP contribution is -2.23. The minimum Gasteiger partial charge on any atom is -0.493 e. The van der Waals surface area contributed by atoms with Crippen molar-refractivity contribution < 1.29 is 4.74 Å². The zero-order valence-electron chi connectivity index (χ0n) is 12.2. The second kappa shape index (κ2) is 6.65. The summed E-state index contributed by atoms with van der Waals surface area (Å²) in [5.41, 5.74) is 3.89. The fraction of sp³-hybridized carbons (Fsp3) is 0.529. The molecule has 0 radical (unpaired) electrons. The van der Waals surface area contributed by atoms with Gasteiger partial charge in [-0.1, -0.05) is 25.1 Å². The molecule has 1 heterocycles. The Morgan fingerprint density at radius 3 is 2.89 bits per heavy atom. The van der Waals surface area contributed by atoms with Gasteiger partial charge >= 0.3 is 0 Å². The lowest BCUT2D eigenvalue weighted by molar-refractivity contribution is 0.315. The van der Waals surface area contributed by atoms with Gasteiger partial charge in [0.25, 0.3) is 0 Å². The number of anilines is 1. The summed E-state index contributed by atoms with van der Waals surface area (Å²) in [4.78, 5) is 2.45. The fourth-order valence-corrected chi connectivity index (χ4v) is 2.46. The van der Waals surface area contributed by atoms with E-state index in [9.17, 15) is 0 Å². The highest BCUT2D eigenvalue weighted by Crippen LogP contribution is 2.27. The molecule has 2 rings (SSSR count). The third-order valence-corrected chi connectivity index (χ3v) is 3.69. The summed E-state index contributed by atoms with van der Waals surface area (Å²) >= 11 is 0. The normalized spacial score (nSPS) is 16.3. The van der Waals surface area contributed by atoms with Crippen molar-refractivity contribution in [3.63, 3.8) is 0 Å². The van der Waals surface area contributed by atoms with Crippen LogP contribution >= 0.6 is 0 Å². The minimum absolute atomic E-state index is 0.793. The summed E-state index contributed by atoms with van der Waals surface area (Å²) in [6.07, 6.45) is 4.53. The third-order valence-electron chi connectivity index (χ3n) is 3.69. The van der Waals surface area contributed by atoms with Crippen molar-refractivity contribution in [2.45, 2.75) is 39.5 Å². The minimum atomic E-state index is 0.793. The second-order valence-electron chi connectivity index (χ2n) is 5.39. The maximum absolute atomic E-state index is 5.83. The van der Waals surface area contributed by atoms with E-state index in [0.717, 1.165) is 38.3 Å². The van der Waals surface area contributed by atoms with Crippen LogP contribution < -0.4 is 9.64 Å². The van der Waals surface area contributed by atoms with Crippen LogP contribution in [0.15, 0.2) is 30.4 Å². The zero-order valence-corrected chi connectivity index (χ0v) is 12.2. The molecular weight excluding hydrogens is 234 g/mol. The number of aryl methyl sites for hydroxylation is 1. The summed E-state index contributed by atoms with van der Waals surface area (Å²) < 4.78 is 5.83. The molecule has 0 atom stereocenters. The van der Waals surface area contributed by atoms with E-state index in [0.29, 0.717) is 0 Å². The van der Waals surface area contributed by atoms with Crippen molar-refractivity contribution in [3.8, 4) is 5.75 Å². The highest BCUT2D eigenvalue weighted by atomic mass is 16.5.